The molecule has 0 fully saturated rings. The number of hydrogen-bond donors (Lipinski definition) is 2. The Morgan fingerprint density at radius 3 is 2.76 bits per heavy atom. The van der Waals surface area contributed by atoms with Gasteiger partial charge in [-0.3, -0.25) is 0 Å². The van der Waals surface area contributed by atoms with E-state index in [1.165, 1.54) is 29.8 Å². The maximum Gasteiger partial charge on any atom is 0.151 e. The van der Waals surface area contributed by atoms with Crippen LogP contribution >= 0.6 is 22.9 Å². The van der Waals surface area contributed by atoms with Gasteiger partial charge in [0, 0.05) is 6.20 Å². The summed E-state index contributed by atoms with van der Waals surface area (Å²) in [6, 6.07) is 6.30. The molecule has 0 amide bonds. The summed E-state index contributed by atoms with van der Waals surface area (Å²) in [5.74, 6) is 0.949. The average Bonchev–Trinajstić information content (AvgIpc) is 3.01. The fourth-order valence-corrected chi connectivity index (χ4v) is 3.65. The summed E-state index contributed by atoms with van der Waals surface area (Å²) in [6.07, 6.45) is 4.56. The van der Waals surface area contributed by atoms with E-state index in [1.54, 1.807) is 24.4 Å². The second-order valence-corrected chi connectivity index (χ2v) is 6.48. The van der Waals surface area contributed by atoms with E-state index in [-0.39, 0.29) is 5.56 Å². The predicted molar refractivity (Wildman–Crippen MR) is 97.5 cm³/mol. The number of rotatable bonds is 3. The van der Waals surface area contributed by atoms with Gasteiger partial charge >= 0.3 is 0 Å². The third-order valence-electron chi connectivity index (χ3n) is 3.40. The Labute approximate surface area is 150 Å². The number of nitrogens with one attached hydrogen (secondary N) is 1. The van der Waals surface area contributed by atoms with Gasteiger partial charge in [-0.05, 0) is 18.2 Å². The SMILES string of the molecule is Nc1cnc(Nc2nccc3nc(-c4c(F)cccc4Cl)sc23)cn1. The zero-order valence-electron chi connectivity index (χ0n) is 12.6. The van der Waals surface area contributed by atoms with Crippen LogP contribution in [0.15, 0.2) is 42.9 Å². The largest absolute Gasteiger partial charge is 0.382 e. The number of anilines is 3. The second-order valence-electron chi connectivity index (χ2n) is 5.07. The first-order chi connectivity index (χ1) is 12.1. The molecule has 0 atom stereocenters. The Morgan fingerprint density at radius 1 is 1.12 bits per heavy atom. The van der Waals surface area contributed by atoms with Crippen LogP contribution in [0.3, 0.4) is 0 Å². The molecule has 0 unspecified atom stereocenters. The van der Waals surface area contributed by atoms with Gasteiger partial charge in [0.2, 0.25) is 0 Å². The van der Waals surface area contributed by atoms with Gasteiger partial charge in [0.05, 0.1) is 33.2 Å². The predicted octanol–water partition coefficient (Wildman–Crippen LogP) is 4.27. The van der Waals surface area contributed by atoms with Crippen LogP contribution in [-0.4, -0.2) is 19.9 Å². The van der Waals surface area contributed by atoms with E-state index in [2.05, 4.69) is 25.3 Å². The second kappa shape index (κ2) is 6.23. The summed E-state index contributed by atoms with van der Waals surface area (Å²) in [5, 5.41) is 3.87. The number of thiazole rings is 1. The molecule has 0 aliphatic rings. The van der Waals surface area contributed by atoms with Crippen LogP contribution in [0.5, 0.6) is 0 Å². The summed E-state index contributed by atoms with van der Waals surface area (Å²) in [4.78, 5) is 16.9. The first-order valence-corrected chi connectivity index (χ1v) is 8.36. The number of nitrogens with zero attached hydrogens (tertiary/aromatic N) is 4. The van der Waals surface area contributed by atoms with Gasteiger partial charge < -0.3 is 11.1 Å². The van der Waals surface area contributed by atoms with Gasteiger partial charge in [-0.25, -0.2) is 24.3 Å². The van der Waals surface area contributed by atoms with Crippen LogP contribution < -0.4 is 11.1 Å². The number of fused-ring (bicyclic) bond motifs is 1. The number of benzene rings is 1. The number of hydrogen-bond acceptors (Lipinski definition) is 7. The number of nitrogen functional groups attached to an aromatic ring is 1. The Morgan fingerprint density at radius 2 is 2.00 bits per heavy atom. The molecule has 0 saturated carbocycles. The quantitative estimate of drug-likeness (QED) is 0.558. The van der Waals surface area contributed by atoms with Gasteiger partial charge in [-0.2, -0.15) is 0 Å². The van der Waals surface area contributed by atoms with E-state index in [0.717, 1.165) is 4.70 Å². The topological polar surface area (TPSA) is 89.6 Å². The number of pyridine rings is 1. The van der Waals surface area contributed by atoms with Crippen molar-refractivity contribution >= 4 is 50.6 Å². The number of halogens is 2. The molecule has 1 aromatic carbocycles. The lowest BCUT2D eigenvalue weighted by atomic mass is 10.2. The Hall–Kier alpha value is -2.84. The molecule has 0 radical (unpaired) electrons. The van der Waals surface area contributed by atoms with Crippen molar-refractivity contribution in [3.05, 3.63) is 53.7 Å². The van der Waals surface area contributed by atoms with Gasteiger partial charge in [-0.15, -0.1) is 11.3 Å². The van der Waals surface area contributed by atoms with E-state index in [4.69, 9.17) is 17.3 Å². The van der Waals surface area contributed by atoms with Crippen LogP contribution in [0.4, 0.5) is 21.8 Å². The molecule has 0 aliphatic carbocycles. The Kier molecular flexibility index (Phi) is 3.90. The highest BCUT2D eigenvalue weighted by molar-refractivity contribution is 7.22. The molecule has 0 bridgehead atoms. The van der Waals surface area contributed by atoms with Crippen LogP contribution in [-0.2, 0) is 0 Å². The maximum absolute atomic E-state index is 14.2. The van der Waals surface area contributed by atoms with E-state index < -0.39 is 5.82 Å². The molecule has 9 heteroatoms. The van der Waals surface area contributed by atoms with Gasteiger partial charge in [0.15, 0.2) is 5.82 Å². The van der Waals surface area contributed by atoms with Crippen LogP contribution in [0.25, 0.3) is 20.8 Å². The van der Waals surface area contributed by atoms with Crippen molar-refractivity contribution in [1.82, 2.24) is 19.9 Å². The third-order valence-corrected chi connectivity index (χ3v) is 4.81. The minimum atomic E-state index is -0.418. The molecule has 4 rings (SSSR count). The third kappa shape index (κ3) is 2.97. The fraction of sp³-hybridized carbons (Fsp3) is 0. The Bertz CT molecular complexity index is 1050. The van der Waals surface area contributed by atoms with Crippen molar-refractivity contribution in [1.29, 1.82) is 0 Å². The van der Waals surface area contributed by atoms with E-state index in [0.29, 0.717) is 33.0 Å². The molecular formula is C16H10ClFN6S. The highest BCUT2D eigenvalue weighted by Crippen LogP contribution is 2.38. The van der Waals surface area contributed by atoms with Crippen molar-refractivity contribution in [2.45, 2.75) is 0 Å². The monoisotopic (exact) mass is 372 g/mol. The molecule has 0 aliphatic heterocycles. The van der Waals surface area contributed by atoms with Gasteiger partial charge in [0.1, 0.15) is 22.5 Å². The molecule has 0 spiro atoms. The van der Waals surface area contributed by atoms with Gasteiger partial charge in [0.25, 0.3) is 0 Å². The smallest absolute Gasteiger partial charge is 0.151 e. The zero-order chi connectivity index (χ0) is 17.4. The highest BCUT2D eigenvalue weighted by Gasteiger charge is 2.16. The standard InChI is InChI=1S/C16H10ClFN6S/c17-8-2-1-3-9(18)13(8)16-23-10-4-5-20-15(14(10)25-16)24-12-7-21-11(19)6-22-12/h1-7H,(H2,19,21)(H,20,22,24). The van der Waals surface area contributed by atoms with Crippen molar-refractivity contribution < 1.29 is 4.39 Å². The lowest BCUT2D eigenvalue weighted by molar-refractivity contribution is 0.631. The normalized spacial score (nSPS) is 11.0. The fourth-order valence-electron chi connectivity index (χ4n) is 2.28. The summed E-state index contributed by atoms with van der Waals surface area (Å²) < 4.78 is 14.9. The molecule has 3 heterocycles. The van der Waals surface area contributed by atoms with Crippen molar-refractivity contribution in [3.63, 3.8) is 0 Å². The Balaban J connectivity index is 1.80. The van der Waals surface area contributed by atoms with Gasteiger partial charge in [-0.1, -0.05) is 17.7 Å². The molecule has 4 aromatic rings. The minimum Gasteiger partial charge on any atom is -0.382 e. The zero-order valence-corrected chi connectivity index (χ0v) is 14.1. The molecule has 25 heavy (non-hydrogen) atoms. The summed E-state index contributed by atoms with van der Waals surface area (Å²) in [7, 11) is 0. The molecule has 3 aromatic heterocycles. The number of aromatic nitrogens is 4. The summed E-state index contributed by atoms with van der Waals surface area (Å²) in [5.41, 5.74) is 6.50. The molecule has 3 N–H and O–H groups in total. The average molecular weight is 373 g/mol. The molecule has 124 valence electrons. The molecule has 6 nitrogen and oxygen atoms in total. The van der Waals surface area contributed by atoms with Crippen LogP contribution in [0, 0.1) is 5.82 Å². The first kappa shape index (κ1) is 15.7. The highest BCUT2D eigenvalue weighted by atomic mass is 35.5. The summed E-state index contributed by atoms with van der Waals surface area (Å²) >= 11 is 7.44. The summed E-state index contributed by atoms with van der Waals surface area (Å²) in [6.45, 7) is 0. The maximum atomic E-state index is 14.2. The van der Waals surface area contributed by atoms with Crippen LogP contribution in [0.1, 0.15) is 0 Å². The van der Waals surface area contributed by atoms with E-state index in [1.807, 2.05) is 0 Å². The molecule has 0 saturated heterocycles. The van der Waals surface area contributed by atoms with E-state index in [9.17, 15) is 4.39 Å². The van der Waals surface area contributed by atoms with Crippen molar-refractivity contribution in [2.24, 2.45) is 0 Å². The lowest BCUT2D eigenvalue weighted by Crippen LogP contribution is -1.98. The number of nitrogens with two attached hydrogens (primary N) is 1. The minimum absolute atomic E-state index is 0.281. The first-order valence-electron chi connectivity index (χ1n) is 7.16. The van der Waals surface area contributed by atoms with E-state index >= 15 is 0 Å². The van der Waals surface area contributed by atoms with Crippen LogP contribution in [0.2, 0.25) is 5.02 Å². The molecular weight excluding hydrogens is 363 g/mol. The van der Waals surface area contributed by atoms with Crippen molar-refractivity contribution in [3.8, 4) is 10.6 Å². The van der Waals surface area contributed by atoms with Crippen molar-refractivity contribution in [2.75, 3.05) is 11.1 Å². The lowest BCUT2D eigenvalue weighted by Gasteiger charge is -2.04.